The van der Waals surface area contributed by atoms with Crippen molar-refractivity contribution in [3.63, 3.8) is 0 Å². The molecule has 3 aromatic rings. The van der Waals surface area contributed by atoms with Crippen LogP contribution in [0.3, 0.4) is 0 Å². The topological polar surface area (TPSA) is 91.6 Å². The second-order valence-corrected chi connectivity index (χ2v) is 9.70. The highest BCUT2D eigenvalue weighted by Crippen LogP contribution is 2.38. The summed E-state index contributed by atoms with van der Waals surface area (Å²) in [5, 5.41) is 13.0. The van der Waals surface area contributed by atoms with Gasteiger partial charge in [0.15, 0.2) is 23.1 Å². The smallest absolute Gasteiger partial charge is 0.274 e. The average molecular weight is 515 g/mol. The number of aromatic hydroxyl groups is 1. The minimum absolute atomic E-state index is 0.0650. The second-order valence-electron chi connectivity index (χ2n) is 9.70. The zero-order valence-corrected chi connectivity index (χ0v) is 19.8. The Morgan fingerprint density at radius 2 is 1.65 bits per heavy atom. The number of hydrogen-bond donors (Lipinski definition) is 2. The van der Waals surface area contributed by atoms with Crippen LogP contribution in [0.2, 0.25) is 0 Å². The van der Waals surface area contributed by atoms with Gasteiger partial charge in [-0.05, 0) is 61.2 Å². The van der Waals surface area contributed by atoms with Gasteiger partial charge in [0.25, 0.3) is 11.8 Å². The summed E-state index contributed by atoms with van der Waals surface area (Å²) in [7, 11) is 0. The summed E-state index contributed by atoms with van der Waals surface area (Å²) in [5.41, 5.74) is -2.35. The van der Waals surface area contributed by atoms with Crippen molar-refractivity contribution in [1.82, 2.24) is 14.8 Å². The zero-order chi connectivity index (χ0) is 26.8. The molecule has 7 nitrogen and oxygen atoms in total. The van der Waals surface area contributed by atoms with Crippen LogP contribution in [0, 0.1) is 30.2 Å². The number of aryl methyl sites for hydroxylation is 1. The Morgan fingerprint density at radius 3 is 2.30 bits per heavy atom. The van der Waals surface area contributed by atoms with E-state index in [0.717, 1.165) is 30.5 Å². The molecule has 0 unspecified atom stereocenters. The summed E-state index contributed by atoms with van der Waals surface area (Å²) in [6.07, 6.45) is 1.20. The van der Waals surface area contributed by atoms with Crippen molar-refractivity contribution in [1.29, 1.82) is 0 Å². The van der Waals surface area contributed by atoms with Gasteiger partial charge in [0.1, 0.15) is 17.2 Å². The third-order valence-corrected chi connectivity index (χ3v) is 6.92. The lowest BCUT2D eigenvalue weighted by atomic mass is 9.89. The van der Waals surface area contributed by atoms with Crippen molar-refractivity contribution in [3.05, 3.63) is 97.5 Å². The molecule has 2 aliphatic rings. The molecule has 2 bridgehead atoms. The maximum atomic E-state index is 14.2. The first-order valence-electron chi connectivity index (χ1n) is 11.4. The minimum Gasteiger partial charge on any atom is -0.503 e. The van der Waals surface area contributed by atoms with Crippen LogP contribution in [0.25, 0.3) is 0 Å². The number of halogens is 4. The number of aromatic nitrogens is 1. The molecule has 2 amide bonds. The minimum atomic E-state index is -1.14. The molecule has 11 heteroatoms. The van der Waals surface area contributed by atoms with E-state index in [1.807, 2.05) is 0 Å². The number of carbonyl (C=O) groups excluding carboxylic acids is 2. The van der Waals surface area contributed by atoms with E-state index in [9.17, 15) is 37.1 Å². The summed E-state index contributed by atoms with van der Waals surface area (Å²) in [5.74, 6) is -6.58. The molecule has 3 heterocycles. The van der Waals surface area contributed by atoms with Gasteiger partial charge in [0.05, 0.1) is 5.54 Å². The SMILES string of the molecule is Cc1cc(F)c(CNC(=O)c2cn3c(c(O)c2=O)C(=O)N2Cc4cc(F)c(F)cc4C[C@]3(C)C2)c(F)c1. The van der Waals surface area contributed by atoms with Crippen LogP contribution in [0.1, 0.15) is 50.0 Å². The number of amides is 2. The van der Waals surface area contributed by atoms with Gasteiger partial charge in [-0.2, -0.15) is 0 Å². The van der Waals surface area contributed by atoms with Gasteiger partial charge in [0.2, 0.25) is 5.43 Å². The summed E-state index contributed by atoms with van der Waals surface area (Å²) in [6, 6.07) is 4.25. The largest absolute Gasteiger partial charge is 0.503 e. The molecule has 2 aromatic carbocycles. The summed E-state index contributed by atoms with van der Waals surface area (Å²) in [4.78, 5) is 40.3. The molecule has 0 radical (unpaired) electrons. The van der Waals surface area contributed by atoms with Gasteiger partial charge in [-0.25, -0.2) is 17.6 Å². The van der Waals surface area contributed by atoms with Crippen LogP contribution < -0.4 is 10.7 Å². The van der Waals surface area contributed by atoms with Crippen LogP contribution in [0.15, 0.2) is 35.3 Å². The molecule has 0 aliphatic carbocycles. The Hall–Kier alpha value is -4.15. The van der Waals surface area contributed by atoms with E-state index in [4.69, 9.17) is 0 Å². The standard InChI is InChI=1S/C26H21F4N3O4/c1-12-3-17(27)15(18(28)4-12)8-31-24(36)16-10-33-21(23(35)22(16)34)25(37)32-9-14-6-20(30)19(29)5-13(14)7-26(33,2)11-32/h3-6,10,35H,7-9,11H2,1-2H3,(H,31,36)/t26-/m1/s1. The Balaban J connectivity index is 1.56. The predicted molar refractivity (Wildman–Crippen MR) is 123 cm³/mol. The molecular formula is C26H21F4N3O4. The second kappa shape index (κ2) is 8.46. The highest BCUT2D eigenvalue weighted by molar-refractivity contribution is 5.99. The fourth-order valence-electron chi connectivity index (χ4n) is 5.09. The van der Waals surface area contributed by atoms with Gasteiger partial charge in [-0.3, -0.25) is 14.4 Å². The first-order chi connectivity index (χ1) is 17.4. The molecule has 0 spiro atoms. The fraction of sp³-hybridized carbons (Fsp3) is 0.269. The maximum Gasteiger partial charge on any atom is 0.274 e. The number of rotatable bonds is 3. The highest BCUT2D eigenvalue weighted by Gasteiger charge is 2.44. The van der Waals surface area contributed by atoms with E-state index in [0.29, 0.717) is 16.7 Å². The number of nitrogens with one attached hydrogen (secondary N) is 1. The maximum absolute atomic E-state index is 14.2. The van der Waals surface area contributed by atoms with Gasteiger partial charge in [0, 0.05) is 31.4 Å². The van der Waals surface area contributed by atoms with E-state index < -0.39 is 69.5 Å². The monoisotopic (exact) mass is 515 g/mol. The number of nitrogens with zero attached hydrogens (tertiary/aromatic N) is 2. The van der Waals surface area contributed by atoms with Crippen molar-refractivity contribution in [3.8, 4) is 5.75 Å². The van der Waals surface area contributed by atoms with Crippen molar-refractivity contribution in [2.45, 2.75) is 38.9 Å². The lowest BCUT2D eigenvalue weighted by Gasteiger charge is -2.42. The number of benzene rings is 2. The third-order valence-electron chi connectivity index (χ3n) is 6.92. The summed E-state index contributed by atoms with van der Waals surface area (Å²) < 4.78 is 57.6. The molecular weight excluding hydrogens is 494 g/mol. The van der Waals surface area contributed by atoms with E-state index in [2.05, 4.69) is 5.32 Å². The number of carbonyl (C=O) groups is 2. The van der Waals surface area contributed by atoms with E-state index in [1.165, 1.54) is 16.4 Å². The summed E-state index contributed by atoms with van der Waals surface area (Å²) >= 11 is 0. The van der Waals surface area contributed by atoms with Crippen molar-refractivity contribution in [2.24, 2.45) is 0 Å². The van der Waals surface area contributed by atoms with Crippen LogP contribution >= 0.6 is 0 Å². The summed E-state index contributed by atoms with van der Waals surface area (Å²) in [6.45, 7) is 2.63. The highest BCUT2D eigenvalue weighted by atomic mass is 19.2. The molecule has 0 saturated heterocycles. The Bertz CT molecular complexity index is 1550. The average Bonchev–Trinajstić information content (AvgIpc) is 2.93. The number of hydrogen-bond acceptors (Lipinski definition) is 4. The lowest BCUT2D eigenvalue weighted by Crippen LogP contribution is -2.53. The van der Waals surface area contributed by atoms with Crippen molar-refractivity contribution >= 4 is 11.8 Å². The quantitative estimate of drug-likeness (QED) is 0.524. The van der Waals surface area contributed by atoms with E-state index >= 15 is 0 Å². The fourth-order valence-corrected chi connectivity index (χ4v) is 5.09. The van der Waals surface area contributed by atoms with Gasteiger partial charge in [-0.15, -0.1) is 0 Å². The zero-order valence-electron chi connectivity index (χ0n) is 19.8. The number of pyridine rings is 1. The molecule has 0 saturated carbocycles. The molecule has 0 fully saturated rings. The Labute approximate surface area is 207 Å². The van der Waals surface area contributed by atoms with Crippen LogP contribution in [0.4, 0.5) is 17.6 Å². The lowest BCUT2D eigenvalue weighted by molar-refractivity contribution is 0.0561. The first kappa shape index (κ1) is 24.5. The van der Waals surface area contributed by atoms with Crippen LogP contribution in [0.5, 0.6) is 5.75 Å². The Kier molecular flexibility index (Phi) is 5.61. The molecule has 1 atom stereocenters. The first-order valence-corrected chi connectivity index (χ1v) is 11.4. The van der Waals surface area contributed by atoms with Crippen molar-refractivity contribution in [2.75, 3.05) is 6.54 Å². The molecule has 37 heavy (non-hydrogen) atoms. The molecule has 1 aromatic heterocycles. The van der Waals surface area contributed by atoms with Crippen LogP contribution in [-0.4, -0.2) is 32.9 Å². The normalized spacial score (nSPS) is 18.2. The third kappa shape index (κ3) is 3.94. The van der Waals surface area contributed by atoms with Crippen LogP contribution in [-0.2, 0) is 25.0 Å². The van der Waals surface area contributed by atoms with Gasteiger partial charge in [-0.1, -0.05) is 0 Å². The molecule has 2 N–H and O–H groups in total. The van der Waals surface area contributed by atoms with E-state index in [1.54, 1.807) is 6.92 Å². The van der Waals surface area contributed by atoms with E-state index in [-0.39, 0.29) is 25.2 Å². The van der Waals surface area contributed by atoms with Crippen molar-refractivity contribution < 1.29 is 32.3 Å². The molecule has 2 aliphatic heterocycles. The molecule has 5 rings (SSSR count). The predicted octanol–water partition coefficient (Wildman–Crippen LogP) is 3.28. The molecule has 192 valence electrons. The number of fused-ring (bicyclic) bond motifs is 5. The van der Waals surface area contributed by atoms with Gasteiger partial charge >= 0.3 is 0 Å². The Morgan fingerprint density at radius 1 is 1.03 bits per heavy atom. The van der Waals surface area contributed by atoms with Gasteiger partial charge < -0.3 is 19.9 Å².